The summed E-state index contributed by atoms with van der Waals surface area (Å²) in [7, 11) is 0. The molecular weight excluding hydrogens is 253 g/mol. The van der Waals surface area contributed by atoms with Gasteiger partial charge in [0, 0.05) is 6.54 Å². The zero-order valence-electron chi connectivity index (χ0n) is 10.6. The van der Waals surface area contributed by atoms with E-state index in [4.69, 9.17) is 9.84 Å². The van der Waals surface area contributed by atoms with Gasteiger partial charge in [-0.25, -0.2) is 4.39 Å². The highest BCUT2D eigenvalue weighted by Gasteiger charge is 2.16. The van der Waals surface area contributed by atoms with Crippen molar-refractivity contribution in [2.45, 2.75) is 13.3 Å². The number of carboxylic acids is 1. The summed E-state index contributed by atoms with van der Waals surface area (Å²) in [5, 5.41) is 8.69. The largest absolute Gasteiger partial charge is 0.481 e. The molecule has 5 nitrogen and oxygen atoms in total. The molecule has 0 spiro atoms. The lowest BCUT2D eigenvalue weighted by Gasteiger charge is -2.20. The molecule has 1 amide bonds. The summed E-state index contributed by atoms with van der Waals surface area (Å²) >= 11 is 0. The van der Waals surface area contributed by atoms with Crippen molar-refractivity contribution in [3.05, 3.63) is 30.1 Å². The first-order chi connectivity index (χ1) is 9.04. The van der Waals surface area contributed by atoms with Gasteiger partial charge in [0.15, 0.2) is 18.2 Å². The second-order valence-corrected chi connectivity index (χ2v) is 3.93. The third-order valence-corrected chi connectivity index (χ3v) is 2.36. The monoisotopic (exact) mass is 269 g/mol. The molecule has 1 aromatic carbocycles. The van der Waals surface area contributed by atoms with Gasteiger partial charge in [-0.3, -0.25) is 9.59 Å². The van der Waals surface area contributed by atoms with Crippen LogP contribution >= 0.6 is 0 Å². The third kappa shape index (κ3) is 4.95. The lowest BCUT2D eigenvalue weighted by atomic mass is 10.3. The van der Waals surface area contributed by atoms with E-state index in [2.05, 4.69) is 0 Å². The van der Waals surface area contributed by atoms with Crippen LogP contribution in [0.25, 0.3) is 0 Å². The Morgan fingerprint density at radius 2 is 2.05 bits per heavy atom. The molecule has 0 bridgehead atoms. The number of ether oxygens (including phenoxy) is 1. The maximum atomic E-state index is 13.3. The Hall–Kier alpha value is -2.11. The summed E-state index contributed by atoms with van der Waals surface area (Å²) in [4.78, 5) is 23.6. The zero-order valence-corrected chi connectivity index (χ0v) is 10.6. The summed E-state index contributed by atoms with van der Waals surface area (Å²) < 4.78 is 18.3. The second-order valence-electron chi connectivity index (χ2n) is 3.93. The van der Waals surface area contributed by atoms with E-state index in [-0.39, 0.29) is 18.9 Å². The molecule has 104 valence electrons. The van der Waals surface area contributed by atoms with E-state index in [1.807, 2.05) is 6.92 Å². The normalized spacial score (nSPS) is 10.0. The molecule has 0 heterocycles. The highest BCUT2D eigenvalue weighted by molar-refractivity contribution is 5.82. The van der Waals surface area contributed by atoms with Crippen molar-refractivity contribution in [3.8, 4) is 5.75 Å². The molecule has 6 heteroatoms. The summed E-state index contributed by atoms with van der Waals surface area (Å²) in [6.07, 6.45) is 0.638. The summed E-state index contributed by atoms with van der Waals surface area (Å²) in [6, 6.07) is 5.73. The lowest BCUT2D eigenvalue weighted by Crippen LogP contribution is -2.39. The number of hydrogen-bond donors (Lipinski definition) is 1. The maximum absolute atomic E-state index is 13.3. The van der Waals surface area contributed by atoms with E-state index < -0.39 is 17.7 Å². The summed E-state index contributed by atoms with van der Waals surface area (Å²) in [5.74, 6) is -2.15. The third-order valence-electron chi connectivity index (χ3n) is 2.36. The van der Waals surface area contributed by atoms with Gasteiger partial charge in [0.1, 0.15) is 6.54 Å². The van der Waals surface area contributed by atoms with Gasteiger partial charge in [0.2, 0.25) is 0 Å². The summed E-state index contributed by atoms with van der Waals surface area (Å²) in [5.41, 5.74) is 0. The van der Waals surface area contributed by atoms with Crippen molar-refractivity contribution >= 4 is 11.9 Å². The van der Waals surface area contributed by atoms with Gasteiger partial charge in [-0.1, -0.05) is 19.1 Å². The van der Waals surface area contributed by atoms with E-state index in [1.165, 1.54) is 23.1 Å². The van der Waals surface area contributed by atoms with Crippen LogP contribution in [0.1, 0.15) is 13.3 Å². The first-order valence-electron chi connectivity index (χ1n) is 5.91. The molecule has 0 fully saturated rings. The van der Waals surface area contributed by atoms with Gasteiger partial charge in [0.05, 0.1) is 0 Å². The SMILES string of the molecule is CCCN(CC(=O)O)C(=O)COc1ccccc1F. The highest BCUT2D eigenvalue weighted by atomic mass is 19.1. The lowest BCUT2D eigenvalue weighted by molar-refractivity contribution is -0.145. The fraction of sp³-hybridized carbons (Fsp3) is 0.385. The van der Waals surface area contributed by atoms with E-state index in [9.17, 15) is 14.0 Å². The van der Waals surface area contributed by atoms with Gasteiger partial charge < -0.3 is 14.7 Å². The van der Waals surface area contributed by atoms with Gasteiger partial charge in [-0.05, 0) is 18.6 Å². The van der Waals surface area contributed by atoms with E-state index in [1.54, 1.807) is 6.07 Å². The Kier molecular flexibility index (Phi) is 5.78. The van der Waals surface area contributed by atoms with Crippen LogP contribution in [0.2, 0.25) is 0 Å². The number of hydrogen-bond acceptors (Lipinski definition) is 3. The topological polar surface area (TPSA) is 66.8 Å². The van der Waals surface area contributed by atoms with Crippen molar-refractivity contribution in [3.63, 3.8) is 0 Å². The molecule has 1 N–H and O–H groups in total. The minimum absolute atomic E-state index is 0.0253. The molecule has 19 heavy (non-hydrogen) atoms. The molecular formula is C13H16FNO4. The molecule has 0 radical (unpaired) electrons. The number of amides is 1. The minimum atomic E-state index is -1.09. The number of carbonyl (C=O) groups is 2. The fourth-order valence-corrected chi connectivity index (χ4v) is 1.52. The van der Waals surface area contributed by atoms with Crippen molar-refractivity contribution in [1.29, 1.82) is 0 Å². The van der Waals surface area contributed by atoms with E-state index >= 15 is 0 Å². The Balaban J connectivity index is 2.57. The molecule has 0 aromatic heterocycles. The molecule has 0 saturated carbocycles. The maximum Gasteiger partial charge on any atom is 0.323 e. The number of rotatable bonds is 7. The molecule has 0 aliphatic heterocycles. The number of nitrogens with zero attached hydrogens (tertiary/aromatic N) is 1. The van der Waals surface area contributed by atoms with Crippen LogP contribution in [0.15, 0.2) is 24.3 Å². The quantitative estimate of drug-likeness (QED) is 0.815. The molecule has 1 aromatic rings. The molecule has 1 rings (SSSR count). The standard InChI is InChI=1S/C13H16FNO4/c1-2-7-15(8-13(17)18)12(16)9-19-11-6-4-3-5-10(11)14/h3-6H,2,7-9H2,1H3,(H,17,18). The zero-order chi connectivity index (χ0) is 14.3. The van der Waals surface area contributed by atoms with Crippen molar-refractivity contribution in [2.24, 2.45) is 0 Å². The van der Waals surface area contributed by atoms with Crippen LogP contribution in [0, 0.1) is 5.82 Å². The Labute approximate surface area is 110 Å². The fourth-order valence-electron chi connectivity index (χ4n) is 1.52. The van der Waals surface area contributed by atoms with Crippen molar-refractivity contribution in [2.75, 3.05) is 19.7 Å². The average Bonchev–Trinajstić information content (AvgIpc) is 2.36. The van der Waals surface area contributed by atoms with Crippen LogP contribution in [0.5, 0.6) is 5.75 Å². The van der Waals surface area contributed by atoms with Crippen LogP contribution < -0.4 is 4.74 Å². The smallest absolute Gasteiger partial charge is 0.323 e. The number of para-hydroxylation sites is 1. The predicted molar refractivity (Wildman–Crippen MR) is 66.4 cm³/mol. The molecule has 0 aliphatic rings. The van der Waals surface area contributed by atoms with Crippen molar-refractivity contribution in [1.82, 2.24) is 4.90 Å². The highest BCUT2D eigenvalue weighted by Crippen LogP contribution is 2.15. The van der Waals surface area contributed by atoms with Crippen molar-refractivity contribution < 1.29 is 23.8 Å². The predicted octanol–water partition coefficient (Wildman–Crippen LogP) is 1.53. The van der Waals surface area contributed by atoms with E-state index in [0.717, 1.165) is 0 Å². The first-order valence-corrected chi connectivity index (χ1v) is 5.91. The summed E-state index contributed by atoms with van der Waals surface area (Å²) in [6.45, 7) is 1.40. The Bertz CT molecular complexity index is 450. The van der Waals surface area contributed by atoms with E-state index in [0.29, 0.717) is 13.0 Å². The van der Waals surface area contributed by atoms with Crippen LogP contribution in [0.3, 0.4) is 0 Å². The van der Waals surface area contributed by atoms with Gasteiger partial charge in [0.25, 0.3) is 5.91 Å². The number of halogens is 1. The van der Waals surface area contributed by atoms with Crippen LogP contribution in [-0.2, 0) is 9.59 Å². The molecule has 0 saturated heterocycles. The average molecular weight is 269 g/mol. The first kappa shape index (κ1) is 14.9. The number of carbonyl (C=O) groups excluding carboxylic acids is 1. The molecule has 0 unspecified atom stereocenters. The van der Waals surface area contributed by atoms with Gasteiger partial charge >= 0.3 is 5.97 Å². The van der Waals surface area contributed by atoms with Gasteiger partial charge in [-0.2, -0.15) is 0 Å². The van der Waals surface area contributed by atoms with Crippen LogP contribution in [0.4, 0.5) is 4.39 Å². The number of carboxylic acid groups (broad SMARTS) is 1. The van der Waals surface area contributed by atoms with Gasteiger partial charge in [-0.15, -0.1) is 0 Å². The Morgan fingerprint density at radius 3 is 2.63 bits per heavy atom. The minimum Gasteiger partial charge on any atom is -0.481 e. The molecule has 0 atom stereocenters. The van der Waals surface area contributed by atoms with Crippen LogP contribution in [-0.4, -0.2) is 41.6 Å². The second kappa shape index (κ2) is 7.35. The number of benzene rings is 1. The molecule has 0 aliphatic carbocycles. The Morgan fingerprint density at radius 1 is 1.37 bits per heavy atom. The number of aliphatic carboxylic acids is 1.